The number of rotatable bonds is 4. The lowest BCUT2D eigenvalue weighted by Gasteiger charge is -2.34. The molecule has 27 heavy (non-hydrogen) atoms. The molecule has 7 heteroatoms. The molecule has 3 heterocycles. The number of benzene rings is 1. The van der Waals surface area contributed by atoms with Crippen molar-refractivity contribution in [3.05, 3.63) is 58.9 Å². The smallest absolute Gasteiger partial charge is 0.270 e. The third kappa shape index (κ3) is 4.10. The highest BCUT2D eigenvalue weighted by Crippen LogP contribution is 2.32. The topological polar surface area (TPSA) is 41.1 Å². The van der Waals surface area contributed by atoms with Gasteiger partial charge in [-0.15, -0.1) is 0 Å². The number of carbonyl (C=O) groups excluding carboxylic acids is 1. The molecule has 0 unspecified atom stereocenters. The van der Waals surface area contributed by atoms with E-state index in [-0.39, 0.29) is 5.91 Å². The highest BCUT2D eigenvalue weighted by atomic mass is 32.2. The Morgan fingerprint density at radius 2 is 1.93 bits per heavy atom. The number of piperazine rings is 1. The van der Waals surface area contributed by atoms with Crippen LogP contribution in [0.3, 0.4) is 0 Å². The first-order chi connectivity index (χ1) is 13.1. The molecule has 0 saturated carbocycles. The van der Waals surface area contributed by atoms with E-state index in [1.165, 1.54) is 22.3 Å². The molecule has 0 spiro atoms. The monoisotopic (exact) mass is 400 g/mol. The maximum atomic E-state index is 12.8. The summed E-state index contributed by atoms with van der Waals surface area (Å²) in [6, 6.07) is 14.2. The molecule has 1 aromatic heterocycles. The van der Waals surface area contributed by atoms with Crippen molar-refractivity contribution in [3.8, 4) is 0 Å². The summed E-state index contributed by atoms with van der Waals surface area (Å²) in [7, 11) is 0. The van der Waals surface area contributed by atoms with Gasteiger partial charge in [-0.05, 0) is 31.2 Å². The van der Waals surface area contributed by atoms with Crippen LogP contribution in [0.15, 0.2) is 51.8 Å². The van der Waals surface area contributed by atoms with Gasteiger partial charge >= 0.3 is 0 Å². The van der Waals surface area contributed by atoms with Crippen molar-refractivity contribution >= 4 is 46.0 Å². The Morgan fingerprint density at radius 3 is 2.59 bits per heavy atom. The van der Waals surface area contributed by atoms with Crippen molar-refractivity contribution < 1.29 is 14.1 Å². The normalized spacial score (nSPS) is 20.1. The molecule has 2 aromatic rings. The van der Waals surface area contributed by atoms with Crippen molar-refractivity contribution in [2.45, 2.75) is 6.92 Å². The average molecular weight is 401 g/mol. The number of quaternary nitrogens is 1. The fraction of sp³-hybridized carbons (Fsp3) is 0.300. The van der Waals surface area contributed by atoms with E-state index in [9.17, 15) is 4.79 Å². The molecule has 5 nitrogen and oxygen atoms in total. The van der Waals surface area contributed by atoms with Crippen LogP contribution in [-0.4, -0.2) is 48.0 Å². The van der Waals surface area contributed by atoms with Gasteiger partial charge in [0.15, 0.2) is 11.0 Å². The Kier molecular flexibility index (Phi) is 5.33. The van der Waals surface area contributed by atoms with E-state index in [1.54, 1.807) is 11.0 Å². The number of nitrogens with one attached hydrogen (secondary N) is 1. The van der Waals surface area contributed by atoms with Crippen LogP contribution in [0.1, 0.15) is 11.5 Å². The summed E-state index contributed by atoms with van der Waals surface area (Å²) in [5.74, 6) is 1.51. The van der Waals surface area contributed by atoms with Crippen molar-refractivity contribution in [3.63, 3.8) is 0 Å². The highest BCUT2D eigenvalue weighted by molar-refractivity contribution is 8.26. The zero-order valence-corrected chi connectivity index (χ0v) is 16.8. The number of nitrogens with zero attached hydrogens (tertiary/aromatic N) is 2. The van der Waals surface area contributed by atoms with E-state index in [0.717, 1.165) is 31.9 Å². The molecular weight excluding hydrogens is 378 g/mol. The number of anilines is 1. The number of aryl methyl sites for hydroxylation is 1. The van der Waals surface area contributed by atoms with E-state index in [4.69, 9.17) is 16.6 Å². The number of para-hydroxylation sites is 1. The third-order valence-corrected chi connectivity index (χ3v) is 6.26. The second kappa shape index (κ2) is 7.88. The fourth-order valence-electron chi connectivity index (χ4n) is 3.40. The zero-order valence-electron chi connectivity index (χ0n) is 15.2. The number of hydrogen-bond donors (Lipinski definition) is 1. The molecule has 2 saturated heterocycles. The van der Waals surface area contributed by atoms with Crippen LogP contribution in [-0.2, 0) is 4.79 Å². The van der Waals surface area contributed by atoms with Gasteiger partial charge in [0.05, 0.1) is 31.1 Å². The standard InChI is InChI=1S/C20H21N3O2S2/c1-15-7-8-17(25-15)13-18-19(24)23(20(26)27-18)14-21-9-11-22(12-10-21)16-5-3-2-4-6-16/h2-8,13H,9-12,14H2,1H3/p+1/b18-13+. The van der Waals surface area contributed by atoms with Crippen LogP contribution in [0.5, 0.6) is 0 Å². The van der Waals surface area contributed by atoms with Gasteiger partial charge < -0.3 is 14.2 Å². The van der Waals surface area contributed by atoms with Gasteiger partial charge in [0.25, 0.3) is 5.91 Å². The molecule has 1 N–H and O–H groups in total. The van der Waals surface area contributed by atoms with Crippen molar-refractivity contribution in [2.75, 3.05) is 37.7 Å². The molecule has 0 aliphatic carbocycles. The first-order valence-corrected chi connectivity index (χ1v) is 10.3. The van der Waals surface area contributed by atoms with Crippen molar-refractivity contribution in [1.29, 1.82) is 0 Å². The Labute approximate surface area is 168 Å². The van der Waals surface area contributed by atoms with Gasteiger partial charge in [-0.2, -0.15) is 0 Å². The molecule has 1 aromatic carbocycles. The van der Waals surface area contributed by atoms with Gasteiger partial charge in [-0.3, -0.25) is 4.79 Å². The molecule has 140 valence electrons. The average Bonchev–Trinajstić information content (AvgIpc) is 3.21. The minimum absolute atomic E-state index is 0.0166. The fourth-order valence-corrected chi connectivity index (χ4v) is 4.63. The van der Waals surface area contributed by atoms with Crippen LogP contribution >= 0.6 is 24.0 Å². The summed E-state index contributed by atoms with van der Waals surface area (Å²) in [4.78, 5) is 18.9. The minimum Gasteiger partial charge on any atom is -0.462 e. The summed E-state index contributed by atoms with van der Waals surface area (Å²) < 4.78 is 6.19. The molecule has 2 aliphatic heterocycles. The summed E-state index contributed by atoms with van der Waals surface area (Å²) in [6.45, 7) is 6.46. The Hall–Kier alpha value is -2.09. The predicted molar refractivity (Wildman–Crippen MR) is 113 cm³/mol. The van der Waals surface area contributed by atoms with Gasteiger partial charge in [0, 0.05) is 11.8 Å². The SMILES string of the molecule is Cc1ccc(/C=C2/SC(=S)N(C[NH+]3CCN(c4ccccc4)CC3)C2=O)o1. The van der Waals surface area contributed by atoms with E-state index in [0.29, 0.717) is 21.7 Å². The zero-order chi connectivity index (χ0) is 18.8. The first kappa shape index (κ1) is 18.3. The third-order valence-electron chi connectivity index (χ3n) is 4.88. The van der Waals surface area contributed by atoms with E-state index < -0.39 is 0 Å². The van der Waals surface area contributed by atoms with Crippen LogP contribution in [0, 0.1) is 6.92 Å². The van der Waals surface area contributed by atoms with E-state index in [2.05, 4.69) is 29.2 Å². The number of carbonyl (C=O) groups is 1. The second-order valence-corrected chi connectivity index (χ2v) is 8.46. The summed E-state index contributed by atoms with van der Waals surface area (Å²) >= 11 is 6.81. The lowest BCUT2D eigenvalue weighted by atomic mass is 10.2. The van der Waals surface area contributed by atoms with Crippen LogP contribution in [0.2, 0.25) is 0 Å². The summed E-state index contributed by atoms with van der Waals surface area (Å²) in [5, 5.41) is 0. The number of hydrogen-bond acceptors (Lipinski definition) is 5. The second-order valence-electron chi connectivity index (χ2n) is 6.79. The number of furan rings is 1. The van der Waals surface area contributed by atoms with Crippen LogP contribution < -0.4 is 9.80 Å². The van der Waals surface area contributed by atoms with Crippen molar-refractivity contribution in [2.24, 2.45) is 0 Å². The molecule has 4 rings (SSSR count). The lowest BCUT2D eigenvalue weighted by molar-refractivity contribution is -0.907. The molecule has 0 radical (unpaired) electrons. The Balaban J connectivity index is 1.37. The predicted octanol–water partition coefficient (Wildman–Crippen LogP) is 2.15. The Morgan fingerprint density at radius 1 is 1.19 bits per heavy atom. The van der Waals surface area contributed by atoms with Crippen molar-refractivity contribution in [1.82, 2.24) is 4.90 Å². The molecule has 2 aliphatic rings. The number of thioether (sulfide) groups is 1. The lowest BCUT2D eigenvalue weighted by Crippen LogP contribution is -3.16. The largest absolute Gasteiger partial charge is 0.462 e. The molecule has 0 atom stereocenters. The summed E-state index contributed by atoms with van der Waals surface area (Å²) in [5.41, 5.74) is 1.26. The Bertz CT molecular complexity index is 870. The van der Waals surface area contributed by atoms with Crippen LogP contribution in [0.25, 0.3) is 6.08 Å². The molecule has 2 fully saturated rings. The van der Waals surface area contributed by atoms with Crippen LogP contribution in [0.4, 0.5) is 5.69 Å². The van der Waals surface area contributed by atoms with Gasteiger partial charge in [-0.1, -0.05) is 42.2 Å². The molecular formula is C20H22N3O2S2+. The number of amides is 1. The van der Waals surface area contributed by atoms with Gasteiger partial charge in [0.2, 0.25) is 0 Å². The maximum Gasteiger partial charge on any atom is 0.270 e. The quantitative estimate of drug-likeness (QED) is 0.629. The number of thiocarbonyl (C=S) groups is 1. The minimum atomic E-state index is -0.0166. The first-order valence-electron chi connectivity index (χ1n) is 9.05. The summed E-state index contributed by atoms with van der Waals surface area (Å²) in [6.07, 6.45) is 1.79. The molecule has 0 bridgehead atoms. The van der Waals surface area contributed by atoms with E-state index in [1.807, 2.05) is 25.1 Å². The highest BCUT2D eigenvalue weighted by Gasteiger charge is 2.35. The maximum absolute atomic E-state index is 12.8. The molecule has 1 amide bonds. The van der Waals surface area contributed by atoms with Gasteiger partial charge in [0.1, 0.15) is 11.5 Å². The van der Waals surface area contributed by atoms with Gasteiger partial charge in [-0.25, -0.2) is 4.90 Å². The van der Waals surface area contributed by atoms with E-state index >= 15 is 0 Å².